The first-order valence-corrected chi connectivity index (χ1v) is 8.76. The molecule has 0 amide bonds. The summed E-state index contributed by atoms with van der Waals surface area (Å²) in [4.78, 5) is 3.25. The highest BCUT2D eigenvalue weighted by atomic mass is 16.5. The van der Waals surface area contributed by atoms with Crippen molar-refractivity contribution in [3.8, 4) is 0 Å². The molecule has 0 aliphatic carbocycles. The van der Waals surface area contributed by atoms with Gasteiger partial charge >= 0.3 is 0 Å². The first-order chi connectivity index (χ1) is 12.6. The van der Waals surface area contributed by atoms with Gasteiger partial charge < -0.3 is 35.6 Å². The molecule has 26 heavy (non-hydrogen) atoms. The van der Waals surface area contributed by atoms with Gasteiger partial charge in [0.2, 0.25) is 0 Å². The van der Waals surface area contributed by atoms with Crippen LogP contribution in [0.25, 0.3) is 10.9 Å². The van der Waals surface area contributed by atoms with Gasteiger partial charge in [0, 0.05) is 41.2 Å². The zero-order valence-corrected chi connectivity index (χ0v) is 14.1. The van der Waals surface area contributed by atoms with Gasteiger partial charge in [0.25, 0.3) is 0 Å². The van der Waals surface area contributed by atoms with Crippen molar-refractivity contribution in [3.63, 3.8) is 0 Å². The molecule has 8 nitrogen and oxygen atoms in total. The molecule has 0 spiro atoms. The number of hydrogen-bond donors (Lipinski definition) is 6. The summed E-state index contributed by atoms with van der Waals surface area (Å²) in [7, 11) is 0. The molecule has 8 heteroatoms. The van der Waals surface area contributed by atoms with E-state index < -0.39 is 37.1 Å². The van der Waals surface area contributed by atoms with Crippen LogP contribution in [0.2, 0.25) is 0 Å². The predicted molar refractivity (Wildman–Crippen MR) is 94.6 cm³/mol. The monoisotopic (exact) mass is 361 g/mol. The number of aromatic amines is 1. The first-order valence-electron chi connectivity index (χ1n) is 8.76. The number of hydrogen-bond acceptors (Lipinski definition) is 7. The minimum atomic E-state index is -1.36. The Hall–Kier alpha value is -1.97. The summed E-state index contributed by atoms with van der Waals surface area (Å²) in [5.41, 5.74) is 6.11. The van der Waals surface area contributed by atoms with Crippen LogP contribution in [0.1, 0.15) is 24.4 Å². The zero-order chi connectivity index (χ0) is 18.3. The van der Waals surface area contributed by atoms with E-state index in [0.29, 0.717) is 12.8 Å². The number of hydrazone groups is 1. The molecule has 1 aromatic heterocycles. The number of ether oxygens (including phenoxy) is 1. The lowest BCUT2D eigenvalue weighted by Crippen LogP contribution is -2.58. The summed E-state index contributed by atoms with van der Waals surface area (Å²) in [5, 5.41) is 44.7. The van der Waals surface area contributed by atoms with Crippen molar-refractivity contribution in [2.45, 2.75) is 49.4 Å². The maximum Gasteiger partial charge on any atom is 0.111 e. The second-order valence-corrected chi connectivity index (χ2v) is 6.92. The van der Waals surface area contributed by atoms with Crippen LogP contribution in [0.15, 0.2) is 35.6 Å². The van der Waals surface area contributed by atoms with Gasteiger partial charge in [-0.15, -0.1) is 0 Å². The Morgan fingerprint density at radius 3 is 2.65 bits per heavy atom. The van der Waals surface area contributed by atoms with Gasteiger partial charge in [-0.1, -0.05) is 18.2 Å². The van der Waals surface area contributed by atoms with E-state index in [1.165, 1.54) is 0 Å². The van der Waals surface area contributed by atoms with Crippen molar-refractivity contribution < 1.29 is 25.2 Å². The van der Waals surface area contributed by atoms with E-state index in [1.54, 1.807) is 0 Å². The van der Waals surface area contributed by atoms with Gasteiger partial charge in [-0.05, 0) is 6.07 Å². The molecule has 1 unspecified atom stereocenters. The maximum atomic E-state index is 10.2. The van der Waals surface area contributed by atoms with Crippen LogP contribution in [0, 0.1) is 0 Å². The van der Waals surface area contributed by atoms with E-state index in [4.69, 9.17) is 4.74 Å². The Kier molecular flexibility index (Phi) is 4.68. The average Bonchev–Trinajstić information content (AvgIpc) is 3.28. The highest BCUT2D eigenvalue weighted by Gasteiger charge is 2.44. The Balaban J connectivity index is 1.44. The van der Waals surface area contributed by atoms with Crippen molar-refractivity contribution in [3.05, 3.63) is 36.0 Å². The molecule has 0 saturated carbocycles. The quantitative estimate of drug-likeness (QED) is 0.447. The number of rotatable bonds is 4. The normalized spacial score (nSPS) is 34.7. The molecule has 1 fully saturated rings. The number of benzene rings is 1. The maximum absolute atomic E-state index is 10.2. The Labute approximate surface area is 150 Å². The number of aliphatic hydroxyl groups is 4. The summed E-state index contributed by atoms with van der Waals surface area (Å²) < 4.78 is 5.56. The van der Waals surface area contributed by atoms with Gasteiger partial charge in [0.15, 0.2) is 0 Å². The van der Waals surface area contributed by atoms with E-state index >= 15 is 0 Å². The third-order valence-corrected chi connectivity index (χ3v) is 5.24. The molecule has 1 saturated heterocycles. The van der Waals surface area contributed by atoms with E-state index in [2.05, 4.69) is 21.6 Å². The van der Waals surface area contributed by atoms with Gasteiger partial charge in [0.05, 0.1) is 18.8 Å². The summed E-state index contributed by atoms with van der Waals surface area (Å²) in [6.45, 7) is -0.426. The lowest BCUT2D eigenvalue weighted by molar-refractivity contribution is -0.227. The van der Waals surface area contributed by atoms with Crippen molar-refractivity contribution in [2.24, 2.45) is 5.10 Å². The average molecular weight is 361 g/mol. The van der Waals surface area contributed by atoms with Crippen LogP contribution < -0.4 is 5.43 Å². The second kappa shape index (κ2) is 6.98. The predicted octanol–water partition coefficient (Wildman–Crippen LogP) is -0.209. The van der Waals surface area contributed by atoms with Crippen molar-refractivity contribution in [1.82, 2.24) is 10.4 Å². The van der Waals surface area contributed by atoms with Gasteiger partial charge in [0.1, 0.15) is 24.4 Å². The second-order valence-electron chi connectivity index (χ2n) is 6.92. The van der Waals surface area contributed by atoms with Crippen LogP contribution in [0.4, 0.5) is 0 Å². The SMILES string of the molecule is OC[C@H]1O[C@@H](CC2=NNC(c3c[nH]c4ccccc34)C2)[C@H](O)[C@@H](O)[C@H]1O. The Morgan fingerprint density at radius 2 is 1.85 bits per heavy atom. The van der Waals surface area contributed by atoms with Crippen LogP contribution in [0.5, 0.6) is 0 Å². The first kappa shape index (κ1) is 17.4. The van der Waals surface area contributed by atoms with E-state index in [9.17, 15) is 20.4 Å². The molecule has 0 bridgehead atoms. The molecule has 2 aromatic rings. The number of aliphatic hydroxyl groups excluding tert-OH is 4. The van der Waals surface area contributed by atoms with E-state index in [-0.39, 0.29) is 6.04 Å². The molecular formula is C18H23N3O5. The van der Waals surface area contributed by atoms with Crippen molar-refractivity contribution in [1.29, 1.82) is 0 Å². The smallest absolute Gasteiger partial charge is 0.111 e. The van der Waals surface area contributed by atoms with Crippen molar-refractivity contribution in [2.75, 3.05) is 6.61 Å². The minimum Gasteiger partial charge on any atom is -0.394 e. The number of aromatic nitrogens is 1. The van der Waals surface area contributed by atoms with Gasteiger partial charge in [-0.2, -0.15) is 5.10 Å². The zero-order valence-electron chi connectivity index (χ0n) is 14.1. The fourth-order valence-corrected chi connectivity index (χ4v) is 3.77. The minimum absolute atomic E-state index is 0.0195. The number of nitrogens with one attached hydrogen (secondary N) is 2. The third kappa shape index (κ3) is 3.00. The van der Waals surface area contributed by atoms with Crippen LogP contribution in [-0.2, 0) is 4.74 Å². The summed E-state index contributed by atoms with van der Waals surface area (Å²) >= 11 is 0. The highest BCUT2D eigenvalue weighted by molar-refractivity contribution is 5.89. The molecule has 2 aliphatic heterocycles. The molecule has 6 atom stereocenters. The van der Waals surface area contributed by atoms with Gasteiger partial charge in [-0.25, -0.2) is 0 Å². The Bertz CT molecular complexity index is 805. The lowest BCUT2D eigenvalue weighted by atomic mass is 9.91. The molecule has 2 aliphatic rings. The molecule has 0 radical (unpaired) electrons. The van der Waals surface area contributed by atoms with Gasteiger partial charge in [-0.3, -0.25) is 0 Å². The highest BCUT2D eigenvalue weighted by Crippen LogP contribution is 2.31. The van der Waals surface area contributed by atoms with E-state index in [0.717, 1.165) is 22.2 Å². The largest absolute Gasteiger partial charge is 0.394 e. The topological polar surface area (TPSA) is 130 Å². The molecular weight excluding hydrogens is 338 g/mol. The number of H-pyrrole nitrogens is 1. The number of para-hydroxylation sites is 1. The van der Waals surface area contributed by atoms with Crippen LogP contribution in [0.3, 0.4) is 0 Å². The number of nitrogens with zero attached hydrogens (tertiary/aromatic N) is 1. The van der Waals surface area contributed by atoms with Crippen LogP contribution >= 0.6 is 0 Å². The fourth-order valence-electron chi connectivity index (χ4n) is 3.77. The number of fused-ring (bicyclic) bond motifs is 1. The lowest BCUT2D eigenvalue weighted by Gasteiger charge is -2.40. The standard InChI is InChI=1S/C18H23N3O5/c22-8-15-17(24)18(25)16(23)14(26-15)6-9-5-13(21-20-9)11-7-19-12-4-2-1-3-10(11)12/h1-4,7,13-19,21-25H,5-6,8H2/t13?,14-,15+,16-,17-,18+/m0/s1. The molecule has 1 aromatic carbocycles. The molecule has 4 rings (SSSR count). The molecule has 6 N–H and O–H groups in total. The van der Waals surface area contributed by atoms with E-state index in [1.807, 2.05) is 24.4 Å². The fraction of sp³-hybridized carbons (Fsp3) is 0.500. The summed E-state index contributed by atoms with van der Waals surface area (Å²) in [6.07, 6.45) is -2.62. The Morgan fingerprint density at radius 1 is 1.08 bits per heavy atom. The molecule has 3 heterocycles. The van der Waals surface area contributed by atoms with Crippen molar-refractivity contribution >= 4 is 16.6 Å². The van der Waals surface area contributed by atoms with Crippen LogP contribution in [-0.4, -0.2) is 68.2 Å². The summed E-state index contributed by atoms with van der Waals surface area (Å²) in [5.74, 6) is 0. The third-order valence-electron chi connectivity index (χ3n) is 5.24. The summed E-state index contributed by atoms with van der Waals surface area (Å²) in [6, 6.07) is 8.06. The molecule has 140 valence electrons.